The van der Waals surface area contributed by atoms with Gasteiger partial charge in [-0.1, -0.05) is 36.4 Å². The van der Waals surface area contributed by atoms with Gasteiger partial charge in [-0.05, 0) is 29.8 Å². The smallest absolute Gasteiger partial charge is 0.327 e. The summed E-state index contributed by atoms with van der Waals surface area (Å²) in [7, 11) is 1.40. The average molecular weight is 457 g/mol. The lowest BCUT2D eigenvalue weighted by molar-refractivity contribution is -0.148. The van der Waals surface area contributed by atoms with Gasteiger partial charge in [0.05, 0.1) is 13.3 Å². The summed E-state index contributed by atoms with van der Waals surface area (Å²) >= 11 is 0. The molecule has 2 aromatic heterocycles. The predicted octanol–water partition coefficient (Wildman–Crippen LogP) is 3.56. The number of carbonyl (C=O) groups is 2. The maximum Gasteiger partial charge on any atom is 0.327 e. The van der Waals surface area contributed by atoms with Crippen molar-refractivity contribution in [3.63, 3.8) is 0 Å². The molecule has 1 fully saturated rings. The third-order valence-corrected chi connectivity index (χ3v) is 6.05. The second-order valence-electron chi connectivity index (χ2n) is 8.11. The minimum atomic E-state index is -0.486. The lowest BCUT2D eigenvalue weighted by Crippen LogP contribution is -2.51. The van der Waals surface area contributed by atoms with E-state index in [0.717, 1.165) is 16.6 Å². The normalized spacial score (nSPS) is 15.3. The van der Waals surface area contributed by atoms with Gasteiger partial charge in [0.25, 0.3) is 5.91 Å². The lowest BCUT2D eigenvalue weighted by Gasteiger charge is -2.38. The van der Waals surface area contributed by atoms with Crippen LogP contribution in [0.3, 0.4) is 0 Å². The molecule has 1 saturated heterocycles. The van der Waals surface area contributed by atoms with Gasteiger partial charge < -0.3 is 14.1 Å². The molecule has 8 nitrogen and oxygen atoms in total. The van der Waals surface area contributed by atoms with Crippen molar-refractivity contribution in [1.29, 1.82) is 0 Å². The first kappa shape index (κ1) is 21.8. The number of hydrogen-bond acceptors (Lipinski definition) is 7. The Morgan fingerprint density at radius 1 is 1.00 bits per heavy atom. The van der Waals surface area contributed by atoms with Crippen molar-refractivity contribution in [2.45, 2.75) is 6.04 Å². The van der Waals surface area contributed by atoms with Crippen LogP contribution in [0.25, 0.3) is 22.6 Å². The number of benzene rings is 2. The molecule has 5 rings (SSSR count). The van der Waals surface area contributed by atoms with Crippen LogP contribution in [0.2, 0.25) is 0 Å². The second kappa shape index (κ2) is 9.44. The van der Waals surface area contributed by atoms with Gasteiger partial charge in [-0.25, -0.2) is 9.78 Å². The molecule has 0 saturated carbocycles. The fraction of sp³-hybridized carbons (Fsp3) is 0.231. The summed E-state index contributed by atoms with van der Waals surface area (Å²) in [5, 5.41) is 0. The molecule has 0 N–H and O–H groups in total. The van der Waals surface area contributed by atoms with E-state index in [1.54, 1.807) is 30.6 Å². The highest BCUT2D eigenvalue weighted by Gasteiger charge is 2.32. The number of rotatable bonds is 5. The fourth-order valence-electron chi connectivity index (χ4n) is 4.30. The number of aromatic nitrogens is 2. The Labute approximate surface area is 196 Å². The molecule has 0 spiro atoms. The number of ether oxygens (including phenoxy) is 1. The van der Waals surface area contributed by atoms with E-state index in [2.05, 4.69) is 14.9 Å². The molecule has 1 unspecified atom stereocenters. The molecule has 1 amide bonds. The van der Waals surface area contributed by atoms with Crippen LogP contribution in [0, 0.1) is 0 Å². The van der Waals surface area contributed by atoms with Crippen LogP contribution in [-0.4, -0.2) is 64.9 Å². The zero-order valence-electron chi connectivity index (χ0n) is 18.8. The molecule has 0 aliphatic carbocycles. The molecule has 3 heterocycles. The Morgan fingerprint density at radius 3 is 2.53 bits per heavy atom. The Hall–Kier alpha value is -4.04. The zero-order valence-corrected chi connectivity index (χ0v) is 18.8. The van der Waals surface area contributed by atoms with E-state index in [0.29, 0.717) is 43.2 Å². The van der Waals surface area contributed by atoms with Crippen molar-refractivity contribution in [3.05, 3.63) is 84.2 Å². The van der Waals surface area contributed by atoms with E-state index in [4.69, 9.17) is 9.15 Å². The van der Waals surface area contributed by atoms with Crippen LogP contribution >= 0.6 is 0 Å². The number of pyridine rings is 1. The van der Waals surface area contributed by atoms with E-state index in [9.17, 15) is 9.59 Å². The standard InChI is InChI=1S/C26H24N4O4/c1-33-26(32)23(18-6-3-2-4-7-18)29-12-14-30(15-13-29)25(31)20-9-5-8-19(16-20)24-28-21-10-11-27-17-22(21)34-24/h2-11,16-17,23H,12-15H2,1H3. The molecule has 1 aliphatic heterocycles. The van der Waals surface area contributed by atoms with E-state index in [1.807, 2.05) is 47.4 Å². The average Bonchev–Trinajstić information content (AvgIpc) is 3.34. The van der Waals surface area contributed by atoms with Gasteiger partial charge >= 0.3 is 5.97 Å². The number of methoxy groups -OCH3 is 1. The van der Waals surface area contributed by atoms with Gasteiger partial charge in [-0.3, -0.25) is 14.7 Å². The molecule has 1 atom stereocenters. The molecule has 1 aliphatic rings. The number of esters is 1. The summed E-state index contributed by atoms with van der Waals surface area (Å²) in [6.07, 6.45) is 3.29. The molecule has 172 valence electrons. The molecular formula is C26H24N4O4. The first-order valence-corrected chi connectivity index (χ1v) is 11.1. The van der Waals surface area contributed by atoms with Crippen LogP contribution < -0.4 is 0 Å². The number of fused-ring (bicyclic) bond motifs is 1. The third-order valence-electron chi connectivity index (χ3n) is 6.05. The maximum atomic E-state index is 13.2. The first-order valence-electron chi connectivity index (χ1n) is 11.1. The van der Waals surface area contributed by atoms with Crippen molar-refractivity contribution >= 4 is 23.0 Å². The van der Waals surface area contributed by atoms with Gasteiger partial charge in [-0.15, -0.1) is 0 Å². The van der Waals surface area contributed by atoms with Crippen molar-refractivity contribution in [2.24, 2.45) is 0 Å². The topological polar surface area (TPSA) is 88.8 Å². The van der Waals surface area contributed by atoms with Crippen molar-refractivity contribution in [3.8, 4) is 11.5 Å². The summed E-state index contributed by atoms with van der Waals surface area (Å²) in [4.78, 5) is 38.2. The van der Waals surface area contributed by atoms with Crippen LogP contribution in [-0.2, 0) is 9.53 Å². The molecule has 34 heavy (non-hydrogen) atoms. The molecule has 4 aromatic rings. The number of hydrogen-bond donors (Lipinski definition) is 0. The molecule has 0 bridgehead atoms. The molecule has 2 aromatic carbocycles. The number of oxazole rings is 1. The van der Waals surface area contributed by atoms with Crippen molar-refractivity contribution < 1.29 is 18.7 Å². The van der Waals surface area contributed by atoms with E-state index >= 15 is 0 Å². The maximum absolute atomic E-state index is 13.2. The molecule has 8 heteroatoms. The largest absolute Gasteiger partial charge is 0.468 e. The highest BCUT2D eigenvalue weighted by molar-refractivity contribution is 5.95. The fourth-order valence-corrected chi connectivity index (χ4v) is 4.30. The van der Waals surface area contributed by atoms with Crippen LogP contribution in [0.4, 0.5) is 0 Å². The SMILES string of the molecule is COC(=O)C(c1ccccc1)N1CCN(C(=O)c2cccc(-c3nc4ccncc4o3)c2)CC1. The Morgan fingerprint density at radius 2 is 1.79 bits per heavy atom. The summed E-state index contributed by atoms with van der Waals surface area (Å²) in [6.45, 7) is 2.16. The summed E-state index contributed by atoms with van der Waals surface area (Å²) in [6, 6.07) is 18.2. The van der Waals surface area contributed by atoms with Crippen molar-refractivity contribution in [1.82, 2.24) is 19.8 Å². The number of nitrogens with zero attached hydrogens (tertiary/aromatic N) is 4. The third kappa shape index (κ3) is 4.27. The Balaban J connectivity index is 1.30. The molecule has 0 radical (unpaired) electrons. The minimum absolute atomic E-state index is 0.0615. The van der Waals surface area contributed by atoms with Crippen molar-refractivity contribution in [2.75, 3.05) is 33.3 Å². The Bertz CT molecular complexity index is 1280. The van der Waals surface area contributed by atoms with Crippen LogP contribution in [0.15, 0.2) is 77.5 Å². The van der Waals surface area contributed by atoms with E-state index in [-0.39, 0.29) is 11.9 Å². The van der Waals surface area contributed by atoms with E-state index in [1.165, 1.54) is 7.11 Å². The quantitative estimate of drug-likeness (QED) is 0.424. The van der Waals surface area contributed by atoms with Gasteiger partial charge in [0, 0.05) is 43.5 Å². The van der Waals surface area contributed by atoms with Crippen LogP contribution in [0.1, 0.15) is 22.0 Å². The minimum Gasteiger partial charge on any atom is -0.468 e. The second-order valence-corrected chi connectivity index (χ2v) is 8.11. The molecular weight excluding hydrogens is 432 g/mol. The predicted molar refractivity (Wildman–Crippen MR) is 126 cm³/mol. The first-order chi connectivity index (χ1) is 16.6. The van der Waals surface area contributed by atoms with E-state index < -0.39 is 6.04 Å². The number of piperazine rings is 1. The van der Waals surface area contributed by atoms with Gasteiger partial charge in [0.1, 0.15) is 11.6 Å². The Kier molecular flexibility index (Phi) is 6.05. The van der Waals surface area contributed by atoms with Gasteiger partial charge in [0.2, 0.25) is 5.89 Å². The lowest BCUT2D eigenvalue weighted by atomic mass is 10.0. The summed E-state index contributed by atoms with van der Waals surface area (Å²) in [5.41, 5.74) is 3.50. The number of amides is 1. The number of carbonyl (C=O) groups excluding carboxylic acids is 2. The monoisotopic (exact) mass is 456 g/mol. The van der Waals surface area contributed by atoms with Gasteiger partial charge in [-0.2, -0.15) is 0 Å². The highest BCUT2D eigenvalue weighted by atomic mass is 16.5. The van der Waals surface area contributed by atoms with Crippen LogP contribution in [0.5, 0.6) is 0 Å². The highest BCUT2D eigenvalue weighted by Crippen LogP contribution is 2.26. The summed E-state index contributed by atoms with van der Waals surface area (Å²) in [5.74, 6) is 0.0899. The summed E-state index contributed by atoms with van der Waals surface area (Å²) < 4.78 is 10.9. The van der Waals surface area contributed by atoms with Gasteiger partial charge in [0.15, 0.2) is 5.58 Å². The zero-order chi connectivity index (χ0) is 23.5.